The monoisotopic (exact) mass is 210 g/mol. The van der Waals surface area contributed by atoms with Gasteiger partial charge in [0, 0.05) is 19.6 Å². The number of aromatic nitrogens is 2. The summed E-state index contributed by atoms with van der Waals surface area (Å²) in [4.78, 5) is 2.32. The summed E-state index contributed by atoms with van der Waals surface area (Å²) in [5.74, 6) is 0.543. The molecule has 0 spiro atoms. The highest BCUT2D eigenvalue weighted by atomic mass is 16.5. The lowest BCUT2D eigenvalue weighted by atomic mass is 10.5. The van der Waals surface area contributed by atoms with Crippen molar-refractivity contribution < 1.29 is 4.74 Å². The molecule has 0 aromatic carbocycles. The molecule has 2 N–H and O–H groups in total. The van der Waals surface area contributed by atoms with Crippen molar-refractivity contribution in [3.05, 3.63) is 6.20 Å². The molecule has 0 bridgehead atoms. The first-order valence-corrected chi connectivity index (χ1v) is 5.29. The van der Waals surface area contributed by atoms with Gasteiger partial charge in [-0.3, -0.25) is 4.68 Å². The smallest absolute Gasteiger partial charge is 0.256 e. The maximum atomic E-state index is 5.71. The van der Waals surface area contributed by atoms with E-state index in [-0.39, 0.29) is 0 Å². The zero-order chi connectivity index (χ0) is 10.8. The quantitative estimate of drug-likeness (QED) is 0.767. The molecule has 15 heavy (non-hydrogen) atoms. The molecule has 5 heteroatoms. The Morgan fingerprint density at radius 3 is 2.93 bits per heavy atom. The van der Waals surface area contributed by atoms with Gasteiger partial charge >= 0.3 is 0 Å². The molecule has 84 valence electrons. The third kappa shape index (κ3) is 2.62. The number of aryl methyl sites for hydroxylation is 1. The molecule has 0 unspecified atom stereocenters. The molecule has 5 nitrogen and oxygen atoms in total. The minimum Gasteiger partial charge on any atom is -0.474 e. The van der Waals surface area contributed by atoms with Crippen LogP contribution in [-0.2, 0) is 7.05 Å². The van der Waals surface area contributed by atoms with Crippen molar-refractivity contribution in [2.45, 2.75) is 18.9 Å². The van der Waals surface area contributed by atoms with Gasteiger partial charge in [0.2, 0.25) is 0 Å². The Labute approximate surface area is 89.8 Å². The van der Waals surface area contributed by atoms with Gasteiger partial charge in [0.05, 0.1) is 6.20 Å². The van der Waals surface area contributed by atoms with Crippen LogP contribution in [0.4, 0.5) is 5.69 Å². The first-order chi connectivity index (χ1) is 7.16. The molecule has 1 aliphatic rings. The van der Waals surface area contributed by atoms with Gasteiger partial charge in [-0.05, 0) is 19.9 Å². The second-order valence-corrected chi connectivity index (χ2v) is 4.12. The fourth-order valence-electron chi connectivity index (χ4n) is 1.58. The fraction of sp³-hybridized carbons (Fsp3) is 0.700. The summed E-state index contributed by atoms with van der Waals surface area (Å²) >= 11 is 0. The van der Waals surface area contributed by atoms with E-state index in [1.54, 1.807) is 10.9 Å². The molecule has 1 aromatic heterocycles. The molecule has 0 radical (unpaired) electrons. The minimum absolute atomic E-state index is 0.543. The van der Waals surface area contributed by atoms with E-state index in [0.29, 0.717) is 18.2 Å². The summed E-state index contributed by atoms with van der Waals surface area (Å²) in [6.45, 7) is 1.58. The Bertz CT molecular complexity index is 332. The summed E-state index contributed by atoms with van der Waals surface area (Å²) in [5.41, 5.74) is 6.31. The van der Waals surface area contributed by atoms with Crippen LogP contribution in [0, 0.1) is 0 Å². The van der Waals surface area contributed by atoms with E-state index in [2.05, 4.69) is 17.0 Å². The Kier molecular flexibility index (Phi) is 2.81. The van der Waals surface area contributed by atoms with Crippen LogP contribution in [0.25, 0.3) is 0 Å². The maximum absolute atomic E-state index is 5.71. The van der Waals surface area contributed by atoms with Crippen LogP contribution >= 0.6 is 0 Å². The van der Waals surface area contributed by atoms with E-state index >= 15 is 0 Å². The number of ether oxygens (including phenoxy) is 1. The van der Waals surface area contributed by atoms with Gasteiger partial charge in [-0.2, -0.15) is 0 Å². The van der Waals surface area contributed by atoms with Crippen molar-refractivity contribution >= 4 is 5.69 Å². The average Bonchev–Trinajstić information content (AvgIpc) is 2.94. The molecule has 1 aromatic rings. The molecule has 1 heterocycles. The van der Waals surface area contributed by atoms with Crippen LogP contribution in [0.3, 0.4) is 0 Å². The summed E-state index contributed by atoms with van der Waals surface area (Å²) in [6, 6.07) is 0.773. The molecule has 1 saturated carbocycles. The first kappa shape index (κ1) is 10.3. The van der Waals surface area contributed by atoms with Crippen LogP contribution in [-0.4, -0.2) is 40.9 Å². The van der Waals surface area contributed by atoms with E-state index in [4.69, 9.17) is 10.5 Å². The number of rotatable bonds is 5. The highest BCUT2D eigenvalue weighted by Crippen LogP contribution is 2.25. The van der Waals surface area contributed by atoms with E-state index < -0.39 is 0 Å². The summed E-state index contributed by atoms with van der Waals surface area (Å²) in [5, 5.41) is 4.12. The predicted molar refractivity (Wildman–Crippen MR) is 58.8 cm³/mol. The molecule has 0 saturated heterocycles. The zero-order valence-corrected chi connectivity index (χ0v) is 9.31. The summed E-state index contributed by atoms with van der Waals surface area (Å²) in [7, 11) is 3.96. The first-order valence-electron chi connectivity index (χ1n) is 5.29. The number of anilines is 1. The van der Waals surface area contributed by atoms with Crippen LogP contribution in [0.1, 0.15) is 12.8 Å². The predicted octanol–water partition coefficient (Wildman–Crippen LogP) is 0.475. The second kappa shape index (κ2) is 4.10. The van der Waals surface area contributed by atoms with Crippen LogP contribution < -0.4 is 10.5 Å². The van der Waals surface area contributed by atoms with Gasteiger partial charge in [0.25, 0.3) is 5.88 Å². The number of hydrogen-bond acceptors (Lipinski definition) is 4. The van der Waals surface area contributed by atoms with Crippen LogP contribution in [0.2, 0.25) is 0 Å². The standard InChI is InChI=1S/C10H18N4O/c1-13(8-3-4-8)5-6-15-10-9(11)7-14(2)12-10/h7-8H,3-6,11H2,1-2H3. The Morgan fingerprint density at radius 1 is 1.67 bits per heavy atom. The lowest BCUT2D eigenvalue weighted by molar-refractivity contribution is 0.226. The molecule has 2 rings (SSSR count). The average molecular weight is 210 g/mol. The number of hydrogen-bond donors (Lipinski definition) is 1. The molecule has 0 aliphatic heterocycles. The molecular weight excluding hydrogens is 192 g/mol. The van der Waals surface area contributed by atoms with E-state index in [1.807, 2.05) is 7.05 Å². The number of nitrogens with zero attached hydrogens (tertiary/aromatic N) is 3. The SMILES string of the molecule is CN(CCOc1nn(C)cc1N)C1CC1. The normalized spacial score (nSPS) is 15.9. The topological polar surface area (TPSA) is 56.3 Å². The number of nitrogen functional groups attached to an aromatic ring is 1. The van der Waals surface area contributed by atoms with Gasteiger partial charge in [0.15, 0.2) is 0 Å². The van der Waals surface area contributed by atoms with Gasteiger partial charge in [-0.25, -0.2) is 0 Å². The van der Waals surface area contributed by atoms with Crippen molar-refractivity contribution in [3.8, 4) is 5.88 Å². The third-order valence-electron chi connectivity index (χ3n) is 2.67. The summed E-state index contributed by atoms with van der Waals surface area (Å²) < 4.78 is 7.17. The molecule has 0 amide bonds. The second-order valence-electron chi connectivity index (χ2n) is 4.12. The van der Waals surface area contributed by atoms with Crippen LogP contribution in [0.15, 0.2) is 6.20 Å². The molecular formula is C10H18N4O. The number of nitrogens with two attached hydrogens (primary N) is 1. The molecule has 1 fully saturated rings. The largest absolute Gasteiger partial charge is 0.474 e. The Balaban J connectivity index is 1.75. The van der Waals surface area contributed by atoms with Gasteiger partial charge in [0.1, 0.15) is 12.3 Å². The maximum Gasteiger partial charge on any atom is 0.256 e. The lowest BCUT2D eigenvalue weighted by Gasteiger charge is -2.15. The van der Waals surface area contributed by atoms with Crippen molar-refractivity contribution in [1.82, 2.24) is 14.7 Å². The fourth-order valence-corrected chi connectivity index (χ4v) is 1.58. The number of likely N-dealkylation sites (N-methyl/N-ethyl adjacent to an activating group) is 1. The highest BCUT2D eigenvalue weighted by molar-refractivity contribution is 5.45. The molecule has 0 atom stereocenters. The van der Waals surface area contributed by atoms with Gasteiger partial charge < -0.3 is 15.4 Å². The van der Waals surface area contributed by atoms with E-state index in [0.717, 1.165) is 12.6 Å². The van der Waals surface area contributed by atoms with E-state index in [1.165, 1.54) is 12.8 Å². The van der Waals surface area contributed by atoms with Crippen LogP contribution in [0.5, 0.6) is 5.88 Å². The van der Waals surface area contributed by atoms with Gasteiger partial charge in [-0.1, -0.05) is 0 Å². The lowest BCUT2D eigenvalue weighted by Crippen LogP contribution is -2.26. The van der Waals surface area contributed by atoms with Gasteiger partial charge in [-0.15, -0.1) is 5.10 Å². The minimum atomic E-state index is 0.543. The Hall–Kier alpha value is -1.23. The van der Waals surface area contributed by atoms with Crippen molar-refractivity contribution in [3.63, 3.8) is 0 Å². The van der Waals surface area contributed by atoms with Crippen molar-refractivity contribution in [2.24, 2.45) is 7.05 Å². The molecule has 1 aliphatic carbocycles. The third-order valence-corrected chi connectivity index (χ3v) is 2.67. The van der Waals surface area contributed by atoms with Crippen molar-refractivity contribution in [2.75, 3.05) is 25.9 Å². The zero-order valence-electron chi connectivity index (χ0n) is 9.31. The summed E-state index contributed by atoms with van der Waals surface area (Å²) in [6.07, 6.45) is 4.39. The van der Waals surface area contributed by atoms with Crippen molar-refractivity contribution in [1.29, 1.82) is 0 Å². The highest BCUT2D eigenvalue weighted by Gasteiger charge is 2.25. The Morgan fingerprint density at radius 2 is 2.40 bits per heavy atom. The van der Waals surface area contributed by atoms with E-state index in [9.17, 15) is 0 Å².